The molecule has 0 aliphatic carbocycles. The van der Waals surface area contributed by atoms with Crippen LogP contribution in [-0.4, -0.2) is 24.6 Å². The predicted molar refractivity (Wildman–Crippen MR) is 166 cm³/mol. The van der Waals surface area contributed by atoms with Crippen molar-refractivity contribution < 1.29 is 23.8 Å². The molecular formula is C36H46O5. The molecule has 220 valence electrons. The summed E-state index contributed by atoms with van der Waals surface area (Å²) < 4.78 is 17.2. The Labute approximate surface area is 246 Å². The highest BCUT2D eigenvalue weighted by Crippen LogP contribution is 2.26. The minimum atomic E-state index is -0.449. The van der Waals surface area contributed by atoms with Gasteiger partial charge in [-0.2, -0.15) is 0 Å². The summed E-state index contributed by atoms with van der Waals surface area (Å²) in [6.07, 6.45) is 9.93. The first kappa shape index (κ1) is 31.9. The van der Waals surface area contributed by atoms with E-state index < -0.39 is 5.97 Å². The Morgan fingerprint density at radius 1 is 0.683 bits per heavy atom. The summed E-state index contributed by atoms with van der Waals surface area (Å²) in [4.78, 5) is 25.5. The first-order valence-corrected chi connectivity index (χ1v) is 15.3. The minimum Gasteiger partial charge on any atom is -0.493 e. The smallest absolute Gasteiger partial charge is 0.347 e. The first-order valence-electron chi connectivity index (χ1n) is 15.3. The van der Waals surface area contributed by atoms with Gasteiger partial charge in [0.15, 0.2) is 0 Å². The number of carbonyl (C=O) groups excluding carboxylic acids is 2. The van der Waals surface area contributed by atoms with Crippen molar-refractivity contribution in [1.29, 1.82) is 0 Å². The Morgan fingerprint density at radius 3 is 2.05 bits per heavy atom. The standard InChI is InChI=1S/C36H46O5/c1-5-7-8-9-15-28(4)40-35(37)31-20-18-29(19-21-31)30-22-24-32(25-23-30)41-36(38)33-16-10-11-17-34(33)39-26-12-14-27(3)13-6-2/h10-11,16-25,27-28H,5-9,12-15,26H2,1-4H3/t27?,28-/m1/s1. The van der Waals surface area contributed by atoms with Crippen LogP contribution in [0, 0.1) is 5.92 Å². The van der Waals surface area contributed by atoms with Gasteiger partial charge in [-0.3, -0.25) is 0 Å². The van der Waals surface area contributed by atoms with Crippen LogP contribution in [0.4, 0.5) is 0 Å². The second kappa shape index (κ2) is 17.3. The number of hydrogen-bond donors (Lipinski definition) is 0. The molecular weight excluding hydrogens is 512 g/mol. The van der Waals surface area contributed by atoms with Crippen molar-refractivity contribution in [3.05, 3.63) is 83.9 Å². The average Bonchev–Trinajstić information content (AvgIpc) is 2.98. The van der Waals surface area contributed by atoms with Crippen molar-refractivity contribution in [3.8, 4) is 22.6 Å². The lowest BCUT2D eigenvalue weighted by Crippen LogP contribution is -2.15. The fourth-order valence-electron chi connectivity index (χ4n) is 4.86. The van der Waals surface area contributed by atoms with E-state index in [0.717, 1.165) is 36.8 Å². The van der Waals surface area contributed by atoms with Gasteiger partial charge in [0.05, 0.1) is 18.3 Å². The molecule has 2 atom stereocenters. The zero-order chi connectivity index (χ0) is 29.5. The highest BCUT2D eigenvalue weighted by atomic mass is 16.5. The highest BCUT2D eigenvalue weighted by Gasteiger charge is 2.16. The summed E-state index contributed by atoms with van der Waals surface area (Å²) >= 11 is 0. The zero-order valence-electron chi connectivity index (χ0n) is 25.2. The van der Waals surface area contributed by atoms with Crippen molar-refractivity contribution in [3.63, 3.8) is 0 Å². The quantitative estimate of drug-likeness (QED) is 0.0937. The van der Waals surface area contributed by atoms with E-state index in [1.807, 2.05) is 49.4 Å². The number of unbranched alkanes of at least 4 members (excludes halogenated alkanes) is 3. The number of benzene rings is 3. The van der Waals surface area contributed by atoms with E-state index in [2.05, 4.69) is 20.8 Å². The summed E-state index contributed by atoms with van der Waals surface area (Å²) in [7, 11) is 0. The number of rotatable bonds is 17. The molecule has 41 heavy (non-hydrogen) atoms. The van der Waals surface area contributed by atoms with E-state index in [1.54, 1.807) is 30.3 Å². The van der Waals surface area contributed by atoms with Gasteiger partial charge < -0.3 is 14.2 Å². The summed E-state index contributed by atoms with van der Waals surface area (Å²) in [5.41, 5.74) is 2.86. The van der Waals surface area contributed by atoms with E-state index in [1.165, 1.54) is 32.1 Å². The van der Waals surface area contributed by atoms with Gasteiger partial charge in [-0.1, -0.05) is 89.3 Å². The zero-order valence-corrected chi connectivity index (χ0v) is 25.2. The molecule has 0 saturated heterocycles. The molecule has 0 saturated carbocycles. The number of hydrogen-bond acceptors (Lipinski definition) is 5. The number of ether oxygens (including phenoxy) is 3. The van der Waals surface area contributed by atoms with Gasteiger partial charge in [-0.25, -0.2) is 9.59 Å². The van der Waals surface area contributed by atoms with Gasteiger partial charge >= 0.3 is 11.9 Å². The molecule has 1 unspecified atom stereocenters. The van der Waals surface area contributed by atoms with Gasteiger partial charge in [0, 0.05) is 0 Å². The molecule has 0 aliphatic rings. The molecule has 0 heterocycles. The summed E-state index contributed by atoms with van der Waals surface area (Å²) in [6.45, 7) is 9.18. The van der Waals surface area contributed by atoms with Crippen molar-refractivity contribution in [2.24, 2.45) is 5.92 Å². The highest BCUT2D eigenvalue weighted by molar-refractivity contribution is 5.94. The lowest BCUT2D eigenvalue weighted by molar-refractivity contribution is 0.0319. The monoisotopic (exact) mass is 558 g/mol. The second-order valence-corrected chi connectivity index (χ2v) is 10.9. The Morgan fingerprint density at radius 2 is 1.37 bits per heavy atom. The molecule has 3 aromatic rings. The van der Waals surface area contributed by atoms with Crippen LogP contribution >= 0.6 is 0 Å². The molecule has 0 amide bonds. The van der Waals surface area contributed by atoms with Gasteiger partial charge in [0.25, 0.3) is 0 Å². The second-order valence-electron chi connectivity index (χ2n) is 10.9. The lowest BCUT2D eigenvalue weighted by Gasteiger charge is -2.13. The summed E-state index contributed by atoms with van der Waals surface area (Å²) in [5.74, 6) is 0.934. The molecule has 5 heteroatoms. The van der Waals surface area contributed by atoms with Crippen LogP contribution in [0.3, 0.4) is 0 Å². The van der Waals surface area contributed by atoms with E-state index >= 15 is 0 Å². The first-order chi connectivity index (χ1) is 19.9. The SMILES string of the molecule is CCCCCC[C@@H](C)OC(=O)c1ccc(-c2ccc(OC(=O)c3ccccc3OCCCC(C)CCC)cc2)cc1. The Bertz CT molecular complexity index is 1200. The Balaban J connectivity index is 1.53. The van der Waals surface area contributed by atoms with Crippen LogP contribution in [0.25, 0.3) is 11.1 Å². The maximum Gasteiger partial charge on any atom is 0.347 e. The third-order valence-electron chi connectivity index (χ3n) is 7.28. The van der Waals surface area contributed by atoms with Gasteiger partial charge in [0.1, 0.15) is 17.1 Å². The van der Waals surface area contributed by atoms with E-state index in [0.29, 0.717) is 35.2 Å². The van der Waals surface area contributed by atoms with Crippen molar-refractivity contribution >= 4 is 11.9 Å². The van der Waals surface area contributed by atoms with E-state index in [4.69, 9.17) is 14.2 Å². The molecule has 0 radical (unpaired) electrons. The fourth-order valence-corrected chi connectivity index (χ4v) is 4.86. The Kier molecular flexibility index (Phi) is 13.4. The third kappa shape index (κ3) is 10.7. The maximum atomic E-state index is 12.9. The molecule has 3 rings (SSSR count). The van der Waals surface area contributed by atoms with Crippen LogP contribution in [0.15, 0.2) is 72.8 Å². The average molecular weight is 559 g/mol. The van der Waals surface area contributed by atoms with E-state index in [-0.39, 0.29) is 12.1 Å². The maximum absolute atomic E-state index is 12.9. The van der Waals surface area contributed by atoms with Crippen molar-refractivity contribution in [2.75, 3.05) is 6.61 Å². The fraction of sp³-hybridized carbons (Fsp3) is 0.444. The van der Waals surface area contributed by atoms with Crippen LogP contribution in [0.2, 0.25) is 0 Å². The number of para-hydroxylation sites is 1. The molecule has 0 aromatic heterocycles. The molecule has 5 nitrogen and oxygen atoms in total. The van der Waals surface area contributed by atoms with Gasteiger partial charge in [0.2, 0.25) is 0 Å². The van der Waals surface area contributed by atoms with Crippen LogP contribution in [0.5, 0.6) is 11.5 Å². The topological polar surface area (TPSA) is 61.8 Å². The largest absolute Gasteiger partial charge is 0.493 e. The Hall–Kier alpha value is -3.60. The van der Waals surface area contributed by atoms with Crippen molar-refractivity contribution in [1.82, 2.24) is 0 Å². The lowest BCUT2D eigenvalue weighted by atomic mass is 10.0. The minimum absolute atomic E-state index is 0.0906. The van der Waals surface area contributed by atoms with E-state index in [9.17, 15) is 9.59 Å². The van der Waals surface area contributed by atoms with Gasteiger partial charge in [-0.05, 0) is 86.1 Å². The third-order valence-corrected chi connectivity index (χ3v) is 7.28. The molecule has 0 spiro atoms. The number of carbonyl (C=O) groups is 2. The number of esters is 2. The van der Waals surface area contributed by atoms with Crippen LogP contribution in [0.1, 0.15) is 106 Å². The van der Waals surface area contributed by atoms with Crippen molar-refractivity contribution in [2.45, 2.75) is 91.6 Å². The molecule has 0 bridgehead atoms. The van der Waals surface area contributed by atoms with Gasteiger partial charge in [-0.15, -0.1) is 0 Å². The van der Waals surface area contributed by atoms with Crippen LogP contribution < -0.4 is 9.47 Å². The predicted octanol–water partition coefficient (Wildman–Crippen LogP) is 9.68. The van der Waals surface area contributed by atoms with Crippen LogP contribution in [-0.2, 0) is 4.74 Å². The normalized spacial score (nSPS) is 12.4. The summed E-state index contributed by atoms with van der Waals surface area (Å²) in [5, 5.41) is 0. The molecule has 0 aliphatic heterocycles. The molecule has 0 fully saturated rings. The molecule has 3 aromatic carbocycles. The molecule has 0 N–H and O–H groups in total. The summed E-state index contributed by atoms with van der Waals surface area (Å²) in [6, 6.07) is 21.9.